The Labute approximate surface area is 132 Å². The van der Waals surface area contributed by atoms with Crippen molar-refractivity contribution in [1.29, 1.82) is 0 Å². The van der Waals surface area contributed by atoms with Crippen molar-refractivity contribution in [3.63, 3.8) is 0 Å². The lowest BCUT2D eigenvalue weighted by atomic mass is 9.90. The van der Waals surface area contributed by atoms with Crippen molar-refractivity contribution in [2.75, 3.05) is 0 Å². The van der Waals surface area contributed by atoms with E-state index in [9.17, 15) is 10.2 Å². The average molecular weight is 299 g/mol. The molecule has 0 atom stereocenters. The third-order valence-corrected chi connectivity index (χ3v) is 4.82. The van der Waals surface area contributed by atoms with Gasteiger partial charge in [-0.05, 0) is 55.7 Å². The van der Waals surface area contributed by atoms with Crippen LogP contribution < -0.4 is 0 Å². The smallest absolute Gasteiger partial charge is 0.203 e. The molecule has 0 amide bonds. The van der Waals surface area contributed by atoms with E-state index in [-0.39, 0.29) is 11.6 Å². The van der Waals surface area contributed by atoms with Crippen molar-refractivity contribution in [3.8, 4) is 22.8 Å². The van der Waals surface area contributed by atoms with Crippen molar-refractivity contribution < 1.29 is 10.2 Å². The molecular weight excluding hydrogens is 274 g/mol. The lowest BCUT2D eigenvalue weighted by molar-refractivity contribution is 0.391. The van der Waals surface area contributed by atoms with Gasteiger partial charge in [-0.15, -0.1) is 0 Å². The number of nitrogens with zero attached hydrogens (tertiary/aromatic N) is 1. The van der Waals surface area contributed by atoms with Crippen LogP contribution in [0, 0.1) is 6.92 Å². The monoisotopic (exact) mass is 299 g/mol. The van der Waals surface area contributed by atoms with Gasteiger partial charge in [0.25, 0.3) is 0 Å². The Morgan fingerprint density at radius 1 is 1.00 bits per heavy atom. The highest BCUT2D eigenvalue weighted by Crippen LogP contribution is 2.47. The second-order valence-electron chi connectivity index (χ2n) is 6.27. The van der Waals surface area contributed by atoms with Crippen LogP contribution in [0.25, 0.3) is 11.1 Å². The lowest BCUT2D eigenvalue weighted by Crippen LogP contribution is -2.08. The molecule has 118 valence electrons. The SMILES string of the molecule is CCc1cc(C)cc(CC)c1-c1c(O)c2n(c1O)CCCC2. The largest absolute Gasteiger partial charge is 0.505 e. The van der Waals surface area contributed by atoms with Crippen molar-refractivity contribution in [2.24, 2.45) is 0 Å². The minimum absolute atomic E-state index is 0.237. The summed E-state index contributed by atoms with van der Waals surface area (Å²) in [7, 11) is 0. The molecular formula is C19H25NO2. The molecule has 0 saturated heterocycles. The summed E-state index contributed by atoms with van der Waals surface area (Å²) in [5.41, 5.74) is 6.21. The predicted octanol–water partition coefficient (Wildman–Crippen LogP) is 4.34. The first-order chi connectivity index (χ1) is 10.6. The number of rotatable bonds is 3. The molecule has 0 spiro atoms. The summed E-state index contributed by atoms with van der Waals surface area (Å²) in [6.07, 6.45) is 4.76. The van der Waals surface area contributed by atoms with E-state index >= 15 is 0 Å². The molecule has 1 aliphatic rings. The van der Waals surface area contributed by atoms with E-state index in [2.05, 4.69) is 32.9 Å². The molecule has 0 unspecified atom stereocenters. The van der Waals surface area contributed by atoms with Crippen LogP contribution in [-0.2, 0) is 25.8 Å². The number of hydrogen-bond donors (Lipinski definition) is 2. The minimum Gasteiger partial charge on any atom is -0.505 e. The number of aromatic hydroxyl groups is 2. The fourth-order valence-corrected chi connectivity index (χ4v) is 3.75. The first-order valence-corrected chi connectivity index (χ1v) is 8.34. The highest BCUT2D eigenvalue weighted by atomic mass is 16.3. The van der Waals surface area contributed by atoms with Crippen molar-refractivity contribution in [2.45, 2.75) is 59.4 Å². The molecule has 1 aromatic heterocycles. The second kappa shape index (κ2) is 5.71. The molecule has 1 aliphatic heterocycles. The highest BCUT2D eigenvalue weighted by Gasteiger charge is 2.27. The zero-order valence-corrected chi connectivity index (χ0v) is 13.7. The molecule has 3 rings (SSSR count). The van der Waals surface area contributed by atoms with Crippen molar-refractivity contribution in [3.05, 3.63) is 34.5 Å². The first-order valence-electron chi connectivity index (χ1n) is 8.34. The summed E-state index contributed by atoms with van der Waals surface area (Å²) in [5, 5.41) is 21.5. The maximum atomic E-state index is 10.7. The van der Waals surface area contributed by atoms with E-state index in [1.807, 2.05) is 4.57 Å². The number of aryl methyl sites for hydroxylation is 3. The Kier molecular flexibility index (Phi) is 3.90. The van der Waals surface area contributed by atoms with Crippen LogP contribution in [0.3, 0.4) is 0 Å². The summed E-state index contributed by atoms with van der Waals surface area (Å²) < 4.78 is 1.90. The van der Waals surface area contributed by atoms with Crippen molar-refractivity contribution >= 4 is 0 Å². The predicted molar refractivity (Wildman–Crippen MR) is 89.6 cm³/mol. The van der Waals surface area contributed by atoms with Crippen LogP contribution in [0.1, 0.15) is 49.1 Å². The molecule has 0 radical (unpaired) electrons. The van der Waals surface area contributed by atoms with Gasteiger partial charge in [0, 0.05) is 6.54 Å². The molecule has 0 aliphatic carbocycles. The number of benzene rings is 1. The first kappa shape index (κ1) is 15.0. The number of aromatic nitrogens is 1. The quantitative estimate of drug-likeness (QED) is 0.885. The van der Waals surface area contributed by atoms with Crippen LogP contribution in [0.4, 0.5) is 0 Å². The minimum atomic E-state index is 0.237. The summed E-state index contributed by atoms with van der Waals surface area (Å²) in [6, 6.07) is 4.34. The molecule has 2 N–H and O–H groups in total. The summed E-state index contributed by atoms with van der Waals surface area (Å²) in [4.78, 5) is 0. The lowest BCUT2D eigenvalue weighted by Gasteiger charge is -2.15. The van der Waals surface area contributed by atoms with Crippen LogP contribution >= 0.6 is 0 Å². The van der Waals surface area contributed by atoms with E-state index < -0.39 is 0 Å². The molecule has 1 aromatic carbocycles. The summed E-state index contributed by atoms with van der Waals surface area (Å²) in [6.45, 7) is 7.15. The van der Waals surface area contributed by atoms with Gasteiger partial charge in [-0.25, -0.2) is 0 Å². The maximum Gasteiger partial charge on any atom is 0.203 e. The molecule has 2 heterocycles. The van der Waals surface area contributed by atoms with E-state index in [4.69, 9.17) is 0 Å². The Balaban J connectivity index is 2.30. The molecule has 3 nitrogen and oxygen atoms in total. The Hall–Kier alpha value is -1.90. The normalized spacial score (nSPS) is 14.1. The van der Waals surface area contributed by atoms with Gasteiger partial charge in [-0.2, -0.15) is 0 Å². The van der Waals surface area contributed by atoms with Crippen LogP contribution in [0.5, 0.6) is 11.6 Å². The molecule has 3 heteroatoms. The van der Waals surface area contributed by atoms with E-state index in [0.29, 0.717) is 5.56 Å². The highest BCUT2D eigenvalue weighted by molar-refractivity contribution is 5.82. The fourth-order valence-electron chi connectivity index (χ4n) is 3.75. The van der Waals surface area contributed by atoms with E-state index in [1.165, 1.54) is 16.7 Å². The summed E-state index contributed by atoms with van der Waals surface area (Å²) >= 11 is 0. The van der Waals surface area contributed by atoms with Gasteiger partial charge in [-0.1, -0.05) is 31.5 Å². The molecule has 0 saturated carbocycles. The van der Waals surface area contributed by atoms with Gasteiger partial charge in [0.05, 0.1) is 11.3 Å². The van der Waals surface area contributed by atoms with Crippen molar-refractivity contribution in [1.82, 2.24) is 4.57 Å². The average Bonchev–Trinajstić information content (AvgIpc) is 2.78. The second-order valence-corrected chi connectivity index (χ2v) is 6.27. The molecule has 0 fully saturated rings. The Bertz CT molecular complexity index is 658. The third kappa shape index (κ3) is 2.20. The van der Waals surface area contributed by atoms with E-state index in [0.717, 1.165) is 49.9 Å². The molecule has 0 bridgehead atoms. The third-order valence-electron chi connectivity index (χ3n) is 4.82. The fraction of sp³-hybridized carbons (Fsp3) is 0.474. The Morgan fingerprint density at radius 2 is 1.64 bits per heavy atom. The maximum absolute atomic E-state index is 10.7. The zero-order chi connectivity index (χ0) is 15.9. The van der Waals surface area contributed by atoms with Gasteiger partial charge >= 0.3 is 0 Å². The standard InChI is InChI=1S/C19H25NO2/c1-4-13-10-12(3)11-14(5-2)16(13)17-18(21)15-8-6-7-9-20(15)19(17)22/h10-11,21-22H,4-9H2,1-3H3. The summed E-state index contributed by atoms with van der Waals surface area (Å²) in [5.74, 6) is 0.519. The van der Waals surface area contributed by atoms with Gasteiger partial charge in [0.1, 0.15) is 5.75 Å². The zero-order valence-electron chi connectivity index (χ0n) is 13.7. The van der Waals surface area contributed by atoms with Crippen LogP contribution in [0.15, 0.2) is 12.1 Å². The van der Waals surface area contributed by atoms with Gasteiger partial charge in [0.2, 0.25) is 5.88 Å². The van der Waals surface area contributed by atoms with E-state index in [1.54, 1.807) is 0 Å². The number of hydrogen-bond acceptors (Lipinski definition) is 2. The van der Waals surface area contributed by atoms with Gasteiger partial charge in [-0.3, -0.25) is 0 Å². The van der Waals surface area contributed by atoms with Gasteiger partial charge in [0.15, 0.2) is 0 Å². The molecule has 22 heavy (non-hydrogen) atoms. The van der Waals surface area contributed by atoms with Crippen LogP contribution in [0.2, 0.25) is 0 Å². The Morgan fingerprint density at radius 3 is 2.18 bits per heavy atom. The van der Waals surface area contributed by atoms with Gasteiger partial charge < -0.3 is 14.8 Å². The topological polar surface area (TPSA) is 45.4 Å². The number of fused-ring (bicyclic) bond motifs is 1. The molecule has 2 aromatic rings. The van der Waals surface area contributed by atoms with Crippen LogP contribution in [-0.4, -0.2) is 14.8 Å².